The van der Waals surface area contributed by atoms with Crippen molar-refractivity contribution in [2.45, 2.75) is 44.1 Å². The molecule has 1 amide bonds. The lowest BCUT2D eigenvalue weighted by Gasteiger charge is -2.60. The van der Waals surface area contributed by atoms with E-state index in [4.69, 9.17) is 4.74 Å². The Labute approximate surface area is 181 Å². The lowest BCUT2D eigenvalue weighted by Crippen LogP contribution is -2.62. The van der Waals surface area contributed by atoms with Gasteiger partial charge in [0.1, 0.15) is 17.1 Å². The number of ether oxygens (including phenoxy) is 1. The maximum Gasteiger partial charge on any atom is 0.339 e. The van der Waals surface area contributed by atoms with Crippen molar-refractivity contribution in [1.82, 2.24) is 0 Å². The van der Waals surface area contributed by atoms with Gasteiger partial charge in [0.2, 0.25) is 0 Å². The van der Waals surface area contributed by atoms with Crippen molar-refractivity contribution in [3.05, 3.63) is 53.6 Å². The number of aromatic hydroxyl groups is 1. The molecule has 0 heterocycles. The van der Waals surface area contributed by atoms with Gasteiger partial charge in [-0.05, 0) is 92.7 Å². The summed E-state index contributed by atoms with van der Waals surface area (Å²) in [6.45, 7) is 0. The van der Waals surface area contributed by atoms with Crippen LogP contribution in [0.5, 0.6) is 11.5 Å². The van der Waals surface area contributed by atoms with E-state index in [1.165, 1.54) is 31.4 Å². The second kappa shape index (κ2) is 7.29. The highest BCUT2D eigenvalue weighted by molar-refractivity contribution is 6.07. The molecule has 6 rings (SSSR count). The van der Waals surface area contributed by atoms with E-state index in [1.807, 2.05) is 4.90 Å². The molecule has 6 heteroatoms. The van der Waals surface area contributed by atoms with Crippen LogP contribution in [0.1, 0.15) is 59.2 Å². The predicted octanol–water partition coefficient (Wildman–Crippen LogP) is 4.71. The Morgan fingerprint density at radius 2 is 1.55 bits per heavy atom. The number of phenols is 1. The molecule has 4 aliphatic carbocycles. The van der Waals surface area contributed by atoms with Crippen molar-refractivity contribution in [3.8, 4) is 11.5 Å². The molecule has 4 bridgehead atoms. The maximum absolute atomic E-state index is 13.9. The zero-order chi connectivity index (χ0) is 21.8. The van der Waals surface area contributed by atoms with E-state index in [-0.39, 0.29) is 22.8 Å². The van der Waals surface area contributed by atoms with Crippen LogP contribution in [-0.2, 0) is 0 Å². The molecule has 0 spiro atoms. The SMILES string of the molecule is COc1ccc(C(=O)N(c2ccc(C(=O)O)c(O)c2)C23CC4CC(CC(C4)C2)C3)cc1. The van der Waals surface area contributed by atoms with Crippen LogP contribution in [0.3, 0.4) is 0 Å². The molecule has 4 saturated carbocycles. The number of hydrogen-bond acceptors (Lipinski definition) is 4. The Morgan fingerprint density at radius 3 is 2.03 bits per heavy atom. The topological polar surface area (TPSA) is 87.1 Å². The van der Waals surface area contributed by atoms with Gasteiger partial charge in [-0.15, -0.1) is 0 Å². The number of hydrogen-bond donors (Lipinski definition) is 2. The molecular formula is C25H27NO5. The number of carboxylic acid groups (broad SMARTS) is 1. The quantitative estimate of drug-likeness (QED) is 0.730. The third kappa shape index (κ3) is 3.34. The molecular weight excluding hydrogens is 394 g/mol. The van der Waals surface area contributed by atoms with Crippen LogP contribution in [0.15, 0.2) is 42.5 Å². The Bertz CT molecular complexity index is 993. The van der Waals surface area contributed by atoms with E-state index in [0.29, 0.717) is 34.8 Å². The molecule has 4 aliphatic rings. The fraction of sp³-hybridized carbons (Fsp3) is 0.440. The Hall–Kier alpha value is -3.02. The third-order valence-electron chi connectivity index (χ3n) is 7.49. The number of carbonyl (C=O) groups excluding carboxylic acids is 1. The number of rotatable bonds is 5. The van der Waals surface area contributed by atoms with E-state index >= 15 is 0 Å². The minimum atomic E-state index is -1.19. The normalized spacial score (nSPS) is 28.4. The number of carbonyl (C=O) groups is 2. The lowest BCUT2D eigenvalue weighted by atomic mass is 9.52. The van der Waals surface area contributed by atoms with E-state index < -0.39 is 5.97 Å². The first kappa shape index (κ1) is 19.9. The van der Waals surface area contributed by atoms with Gasteiger partial charge >= 0.3 is 5.97 Å². The number of carboxylic acids is 1. The molecule has 31 heavy (non-hydrogen) atoms. The standard InChI is InChI=1S/C25H27NO5/c1-31-20-5-2-18(3-6-20)23(28)26(19-4-7-21(24(29)30)22(27)11-19)25-12-15-8-16(13-25)10-17(9-15)14-25/h2-7,11,15-17,27H,8-10,12-14H2,1H3,(H,29,30). The molecule has 2 aromatic rings. The van der Waals surface area contributed by atoms with Gasteiger partial charge in [0.05, 0.1) is 7.11 Å². The maximum atomic E-state index is 13.9. The minimum absolute atomic E-state index is 0.118. The van der Waals surface area contributed by atoms with Gasteiger partial charge in [-0.1, -0.05) is 0 Å². The summed E-state index contributed by atoms with van der Waals surface area (Å²) >= 11 is 0. The van der Waals surface area contributed by atoms with Gasteiger partial charge in [0, 0.05) is 22.9 Å². The van der Waals surface area contributed by atoms with Gasteiger partial charge in [-0.3, -0.25) is 4.79 Å². The molecule has 0 unspecified atom stereocenters. The van der Waals surface area contributed by atoms with Crippen LogP contribution < -0.4 is 9.64 Å². The highest BCUT2D eigenvalue weighted by atomic mass is 16.5. The Balaban J connectivity index is 1.60. The third-order valence-corrected chi connectivity index (χ3v) is 7.49. The van der Waals surface area contributed by atoms with Crippen molar-refractivity contribution >= 4 is 17.6 Å². The largest absolute Gasteiger partial charge is 0.507 e. The number of nitrogens with zero attached hydrogens (tertiary/aromatic N) is 1. The zero-order valence-electron chi connectivity index (χ0n) is 17.6. The summed E-state index contributed by atoms with van der Waals surface area (Å²) in [7, 11) is 1.59. The molecule has 6 nitrogen and oxygen atoms in total. The summed E-state index contributed by atoms with van der Waals surface area (Å²) < 4.78 is 5.23. The molecule has 0 atom stereocenters. The molecule has 0 radical (unpaired) electrons. The predicted molar refractivity (Wildman–Crippen MR) is 116 cm³/mol. The molecule has 162 valence electrons. The fourth-order valence-electron chi connectivity index (χ4n) is 6.65. The van der Waals surface area contributed by atoms with E-state index in [9.17, 15) is 19.8 Å². The smallest absolute Gasteiger partial charge is 0.339 e. The van der Waals surface area contributed by atoms with Crippen LogP contribution in [0.2, 0.25) is 0 Å². The number of anilines is 1. The second-order valence-electron chi connectivity index (χ2n) is 9.52. The molecule has 0 saturated heterocycles. The average molecular weight is 421 g/mol. The van der Waals surface area contributed by atoms with Crippen molar-refractivity contribution in [2.24, 2.45) is 17.8 Å². The van der Waals surface area contributed by atoms with Gasteiger partial charge in [-0.25, -0.2) is 4.79 Å². The van der Waals surface area contributed by atoms with E-state index in [0.717, 1.165) is 19.3 Å². The molecule has 0 aromatic heterocycles. The highest BCUT2D eigenvalue weighted by Crippen LogP contribution is 2.58. The Morgan fingerprint density at radius 1 is 0.968 bits per heavy atom. The number of aromatic carboxylic acids is 1. The van der Waals surface area contributed by atoms with Gasteiger partial charge in [0.25, 0.3) is 5.91 Å². The number of benzene rings is 2. The van der Waals surface area contributed by atoms with Crippen molar-refractivity contribution < 1.29 is 24.5 Å². The zero-order valence-corrected chi connectivity index (χ0v) is 17.6. The summed E-state index contributed by atoms with van der Waals surface area (Å²) in [5, 5.41) is 19.7. The van der Waals surface area contributed by atoms with E-state index in [2.05, 4.69) is 0 Å². The summed E-state index contributed by atoms with van der Waals surface area (Å²) in [6, 6.07) is 11.6. The first-order valence-corrected chi connectivity index (χ1v) is 10.9. The first-order chi connectivity index (χ1) is 14.9. The molecule has 2 N–H and O–H groups in total. The van der Waals surface area contributed by atoms with Crippen molar-refractivity contribution in [2.75, 3.05) is 12.0 Å². The van der Waals surface area contributed by atoms with Gasteiger partial charge in [0.15, 0.2) is 0 Å². The highest BCUT2D eigenvalue weighted by Gasteiger charge is 2.55. The minimum Gasteiger partial charge on any atom is -0.507 e. The molecule has 4 fully saturated rings. The second-order valence-corrected chi connectivity index (χ2v) is 9.52. The number of amides is 1. The van der Waals surface area contributed by atoms with Crippen molar-refractivity contribution in [3.63, 3.8) is 0 Å². The van der Waals surface area contributed by atoms with Crippen molar-refractivity contribution in [1.29, 1.82) is 0 Å². The summed E-state index contributed by atoms with van der Waals surface area (Å²) in [4.78, 5) is 27.1. The molecule has 2 aromatic carbocycles. The van der Waals surface area contributed by atoms with Gasteiger partial charge < -0.3 is 19.8 Å². The van der Waals surface area contributed by atoms with Crippen LogP contribution in [0.4, 0.5) is 5.69 Å². The molecule has 0 aliphatic heterocycles. The summed E-state index contributed by atoms with van der Waals surface area (Å²) in [5.74, 6) is 0.945. The van der Waals surface area contributed by atoms with E-state index in [1.54, 1.807) is 37.4 Å². The average Bonchev–Trinajstić information content (AvgIpc) is 2.72. The first-order valence-electron chi connectivity index (χ1n) is 10.9. The summed E-state index contributed by atoms with van der Waals surface area (Å²) in [5.41, 5.74) is 0.665. The van der Waals surface area contributed by atoms with Crippen LogP contribution in [0, 0.1) is 17.8 Å². The van der Waals surface area contributed by atoms with Crippen LogP contribution in [0.25, 0.3) is 0 Å². The monoisotopic (exact) mass is 421 g/mol. The van der Waals surface area contributed by atoms with Crippen LogP contribution >= 0.6 is 0 Å². The summed E-state index contributed by atoms with van der Waals surface area (Å²) in [6.07, 6.45) is 6.61. The lowest BCUT2D eigenvalue weighted by molar-refractivity contribution is -0.00314. The number of methoxy groups -OCH3 is 1. The van der Waals surface area contributed by atoms with Crippen LogP contribution in [-0.4, -0.2) is 34.7 Å². The fourth-order valence-corrected chi connectivity index (χ4v) is 6.65. The Kier molecular flexibility index (Phi) is 4.68. The van der Waals surface area contributed by atoms with Gasteiger partial charge in [-0.2, -0.15) is 0 Å².